The molecule has 0 saturated carbocycles. The Morgan fingerprint density at radius 3 is 3.11 bits per heavy atom. The maximum absolute atomic E-state index is 5.08. The van der Waals surface area contributed by atoms with Crippen LogP contribution in [0.3, 0.4) is 0 Å². The number of imidazole rings is 1. The Labute approximate surface area is 109 Å². The molecule has 0 aromatic carbocycles. The number of nitrogens with zero attached hydrogens (tertiary/aromatic N) is 4. The molecule has 0 atom stereocenters. The van der Waals surface area contributed by atoms with Crippen molar-refractivity contribution in [2.45, 2.75) is 6.54 Å². The van der Waals surface area contributed by atoms with Crippen LogP contribution < -0.4 is 10.1 Å². The molecule has 0 aliphatic heterocycles. The van der Waals surface area contributed by atoms with Crippen LogP contribution in [0.15, 0.2) is 31.0 Å². The molecule has 0 bridgehead atoms. The molecule has 3 aromatic heterocycles. The number of fused-ring (bicyclic) bond motifs is 1. The summed E-state index contributed by atoms with van der Waals surface area (Å²) in [6.45, 7) is 0.615. The molecule has 96 valence electrons. The number of H-pyrrole nitrogens is 1. The van der Waals surface area contributed by atoms with Crippen molar-refractivity contribution in [2.24, 2.45) is 0 Å². The van der Waals surface area contributed by atoms with Crippen LogP contribution in [-0.2, 0) is 6.54 Å². The minimum Gasteiger partial charge on any atom is -0.481 e. The van der Waals surface area contributed by atoms with Crippen LogP contribution in [0.4, 0.5) is 5.82 Å². The smallest absolute Gasteiger partial charge is 0.213 e. The molecule has 0 unspecified atom stereocenters. The highest BCUT2D eigenvalue weighted by molar-refractivity contribution is 5.81. The summed E-state index contributed by atoms with van der Waals surface area (Å²) < 4.78 is 5.08. The highest BCUT2D eigenvalue weighted by Crippen LogP contribution is 2.16. The van der Waals surface area contributed by atoms with Crippen LogP contribution in [0.25, 0.3) is 11.2 Å². The number of aromatic nitrogens is 5. The summed E-state index contributed by atoms with van der Waals surface area (Å²) in [5.74, 6) is 1.31. The summed E-state index contributed by atoms with van der Waals surface area (Å²) in [6, 6.07) is 3.79. The Bertz CT molecular complexity index is 695. The molecule has 3 rings (SSSR count). The van der Waals surface area contributed by atoms with Gasteiger partial charge in [0.25, 0.3) is 0 Å². The van der Waals surface area contributed by atoms with Gasteiger partial charge in [-0.2, -0.15) is 0 Å². The van der Waals surface area contributed by atoms with Gasteiger partial charge in [-0.3, -0.25) is 0 Å². The van der Waals surface area contributed by atoms with Crippen LogP contribution >= 0.6 is 0 Å². The SMILES string of the molecule is COc1cc(CNc2ncnc3nc[nH]c23)ccn1. The third kappa shape index (κ3) is 2.30. The zero-order valence-corrected chi connectivity index (χ0v) is 10.3. The first kappa shape index (κ1) is 11.4. The van der Waals surface area contributed by atoms with Gasteiger partial charge in [0.15, 0.2) is 11.5 Å². The molecular weight excluding hydrogens is 244 g/mol. The zero-order valence-electron chi connectivity index (χ0n) is 10.3. The Balaban J connectivity index is 1.80. The molecule has 2 N–H and O–H groups in total. The molecule has 3 aromatic rings. The average Bonchev–Trinajstić information content (AvgIpc) is 2.94. The predicted molar refractivity (Wildman–Crippen MR) is 69.8 cm³/mol. The summed E-state index contributed by atoms with van der Waals surface area (Å²) in [4.78, 5) is 19.4. The largest absolute Gasteiger partial charge is 0.481 e. The van der Waals surface area contributed by atoms with Crippen molar-refractivity contribution in [1.29, 1.82) is 0 Å². The van der Waals surface area contributed by atoms with Crippen LogP contribution in [-0.4, -0.2) is 32.0 Å². The number of ether oxygens (including phenoxy) is 1. The molecule has 7 heteroatoms. The summed E-state index contributed by atoms with van der Waals surface area (Å²) in [7, 11) is 1.60. The average molecular weight is 256 g/mol. The predicted octanol–water partition coefficient (Wildman–Crippen LogP) is 1.37. The molecule has 0 fully saturated rings. The minimum atomic E-state index is 0.591. The Morgan fingerprint density at radius 2 is 2.21 bits per heavy atom. The molecule has 7 nitrogen and oxygen atoms in total. The lowest BCUT2D eigenvalue weighted by molar-refractivity contribution is 0.397. The first-order valence-corrected chi connectivity index (χ1v) is 5.73. The fourth-order valence-electron chi connectivity index (χ4n) is 1.76. The highest BCUT2D eigenvalue weighted by atomic mass is 16.5. The summed E-state index contributed by atoms with van der Waals surface area (Å²) >= 11 is 0. The number of anilines is 1. The highest BCUT2D eigenvalue weighted by Gasteiger charge is 2.05. The van der Waals surface area contributed by atoms with Gasteiger partial charge in [0.05, 0.1) is 13.4 Å². The lowest BCUT2D eigenvalue weighted by Crippen LogP contribution is -2.03. The number of pyridine rings is 1. The van der Waals surface area contributed by atoms with E-state index in [9.17, 15) is 0 Å². The van der Waals surface area contributed by atoms with Gasteiger partial charge in [-0.15, -0.1) is 0 Å². The van der Waals surface area contributed by atoms with Crippen molar-refractivity contribution in [2.75, 3.05) is 12.4 Å². The molecular formula is C12H12N6O. The van der Waals surface area contributed by atoms with Gasteiger partial charge in [0, 0.05) is 18.8 Å². The first-order chi connectivity index (χ1) is 9.36. The van der Waals surface area contributed by atoms with Crippen LogP contribution in [0.2, 0.25) is 0 Å². The lowest BCUT2D eigenvalue weighted by Gasteiger charge is -2.06. The lowest BCUT2D eigenvalue weighted by atomic mass is 10.2. The van der Waals surface area contributed by atoms with Gasteiger partial charge < -0.3 is 15.0 Å². The Kier molecular flexibility index (Phi) is 2.93. The molecule has 3 heterocycles. The quantitative estimate of drug-likeness (QED) is 0.733. The van der Waals surface area contributed by atoms with Crippen molar-refractivity contribution in [3.63, 3.8) is 0 Å². The third-order valence-corrected chi connectivity index (χ3v) is 2.69. The normalized spacial score (nSPS) is 10.6. The van der Waals surface area contributed by atoms with E-state index in [1.165, 1.54) is 6.33 Å². The molecule has 0 radical (unpaired) electrons. The Morgan fingerprint density at radius 1 is 1.26 bits per heavy atom. The molecule has 0 aliphatic carbocycles. The van der Waals surface area contributed by atoms with Crippen LogP contribution in [0.5, 0.6) is 5.88 Å². The van der Waals surface area contributed by atoms with E-state index in [-0.39, 0.29) is 0 Å². The van der Waals surface area contributed by atoms with Gasteiger partial charge >= 0.3 is 0 Å². The second kappa shape index (κ2) is 4.89. The van der Waals surface area contributed by atoms with Crippen molar-refractivity contribution in [3.05, 3.63) is 36.5 Å². The van der Waals surface area contributed by atoms with Crippen molar-refractivity contribution >= 4 is 17.0 Å². The van der Waals surface area contributed by atoms with Gasteiger partial charge in [0.1, 0.15) is 11.8 Å². The van der Waals surface area contributed by atoms with Crippen LogP contribution in [0.1, 0.15) is 5.56 Å². The van der Waals surface area contributed by atoms with Gasteiger partial charge in [-0.1, -0.05) is 0 Å². The molecule has 0 aliphatic rings. The minimum absolute atomic E-state index is 0.591. The van der Waals surface area contributed by atoms with Gasteiger partial charge in [0.2, 0.25) is 5.88 Å². The second-order valence-corrected chi connectivity index (χ2v) is 3.88. The summed E-state index contributed by atoms with van der Waals surface area (Å²) in [6.07, 6.45) is 4.79. The van der Waals surface area contributed by atoms with E-state index < -0.39 is 0 Å². The molecule has 0 amide bonds. The van der Waals surface area contributed by atoms with Crippen molar-refractivity contribution < 1.29 is 4.74 Å². The first-order valence-electron chi connectivity index (χ1n) is 5.73. The fourth-order valence-corrected chi connectivity index (χ4v) is 1.76. The number of hydrogen-bond donors (Lipinski definition) is 2. The number of methoxy groups -OCH3 is 1. The monoisotopic (exact) mass is 256 g/mol. The molecule has 0 saturated heterocycles. The topological polar surface area (TPSA) is 88.6 Å². The third-order valence-electron chi connectivity index (χ3n) is 2.69. The van der Waals surface area contributed by atoms with Crippen molar-refractivity contribution in [3.8, 4) is 5.88 Å². The number of hydrogen-bond acceptors (Lipinski definition) is 6. The number of rotatable bonds is 4. The fraction of sp³-hybridized carbons (Fsp3) is 0.167. The Hall–Kier alpha value is -2.70. The van der Waals surface area contributed by atoms with Gasteiger partial charge in [-0.05, 0) is 11.6 Å². The van der Waals surface area contributed by atoms with E-state index in [1.54, 1.807) is 19.6 Å². The maximum atomic E-state index is 5.08. The van der Waals surface area contributed by atoms with E-state index in [0.29, 0.717) is 18.1 Å². The molecule has 0 spiro atoms. The standard InChI is InChI=1S/C12H12N6O/c1-19-9-4-8(2-3-13-9)5-14-11-10-12(16-6-15-10)18-7-17-11/h2-4,6-7H,5H2,1H3,(H2,14,15,16,17,18). The van der Waals surface area contributed by atoms with E-state index in [4.69, 9.17) is 4.74 Å². The van der Waals surface area contributed by atoms with E-state index in [2.05, 4.69) is 30.2 Å². The maximum Gasteiger partial charge on any atom is 0.213 e. The summed E-state index contributed by atoms with van der Waals surface area (Å²) in [5.41, 5.74) is 2.49. The van der Waals surface area contributed by atoms with E-state index in [0.717, 1.165) is 16.9 Å². The van der Waals surface area contributed by atoms with E-state index in [1.807, 2.05) is 12.1 Å². The molecule has 19 heavy (non-hydrogen) atoms. The van der Waals surface area contributed by atoms with Crippen LogP contribution in [0, 0.1) is 0 Å². The number of aromatic amines is 1. The number of nitrogens with one attached hydrogen (secondary N) is 2. The zero-order chi connectivity index (χ0) is 13.1. The second-order valence-electron chi connectivity index (χ2n) is 3.88. The summed E-state index contributed by atoms with van der Waals surface area (Å²) in [5, 5.41) is 3.24. The van der Waals surface area contributed by atoms with E-state index >= 15 is 0 Å². The van der Waals surface area contributed by atoms with Crippen molar-refractivity contribution in [1.82, 2.24) is 24.9 Å². The van der Waals surface area contributed by atoms with Gasteiger partial charge in [-0.25, -0.2) is 19.9 Å².